The van der Waals surface area contributed by atoms with Crippen molar-refractivity contribution in [1.29, 1.82) is 0 Å². The lowest BCUT2D eigenvalue weighted by Gasteiger charge is -2.25. The number of rotatable bonds is 7. The van der Waals surface area contributed by atoms with Crippen LogP contribution in [0, 0.1) is 0 Å². The highest BCUT2D eigenvalue weighted by atomic mass is 32.2. The van der Waals surface area contributed by atoms with Gasteiger partial charge in [-0.25, -0.2) is 14.3 Å². The molecule has 2 N–H and O–H groups in total. The third-order valence-electron chi connectivity index (χ3n) is 8.22. The van der Waals surface area contributed by atoms with Gasteiger partial charge in [0.2, 0.25) is 0 Å². The Hall–Kier alpha value is -3.40. The Balaban J connectivity index is 1.41. The molecular formula is C33H38N4O4S. The number of aliphatic hydroxyl groups excluding tert-OH is 1. The minimum atomic E-state index is -0.733. The zero-order valence-electron chi connectivity index (χ0n) is 23.8. The van der Waals surface area contributed by atoms with Crippen LogP contribution < -0.4 is 10.9 Å². The standard InChI is InChI=1S/C33H38N4O4S/c38-28(34-23-14-6-4-7-15-23)22-42-32-35-29-26-20-12-13-21-27(26)37(33(40)41-25-18-10-2-1-3-11-19-25)30(29)31(39)36(32)24-16-8-5-9-17-24/h5,8-10,12-13,16-18,20-21,23,25,28,34,38H,1-4,6-7,11,14-15,19,22H2/b18-10+. The number of hydrogen-bond donors (Lipinski definition) is 2. The van der Waals surface area contributed by atoms with E-state index in [1.807, 2.05) is 60.7 Å². The number of aromatic nitrogens is 3. The first-order valence-corrected chi connectivity index (χ1v) is 16.1. The number of fused-ring (bicyclic) bond motifs is 3. The van der Waals surface area contributed by atoms with Gasteiger partial charge in [-0.05, 0) is 62.8 Å². The molecule has 1 fully saturated rings. The molecule has 8 nitrogen and oxygen atoms in total. The molecule has 0 radical (unpaired) electrons. The number of hydrogen-bond acceptors (Lipinski definition) is 7. The first kappa shape index (κ1) is 28.7. The quantitative estimate of drug-likeness (QED) is 0.110. The molecular weight excluding hydrogens is 548 g/mol. The van der Waals surface area contributed by atoms with Crippen molar-refractivity contribution in [2.24, 2.45) is 0 Å². The molecule has 220 valence electrons. The van der Waals surface area contributed by atoms with E-state index in [0.717, 1.165) is 44.9 Å². The van der Waals surface area contributed by atoms with Gasteiger partial charge in [0.1, 0.15) is 23.4 Å². The normalized spacial score (nSPS) is 19.8. The van der Waals surface area contributed by atoms with E-state index >= 15 is 0 Å². The number of ether oxygens (including phenoxy) is 1. The van der Waals surface area contributed by atoms with Crippen molar-refractivity contribution in [2.75, 3.05) is 5.75 Å². The highest BCUT2D eigenvalue weighted by Gasteiger charge is 2.26. The van der Waals surface area contributed by atoms with Crippen molar-refractivity contribution in [3.8, 4) is 5.69 Å². The van der Waals surface area contributed by atoms with Crippen molar-refractivity contribution in [3.63, 3.8) is 0 Å². The van der Waals surface area contributed by atoms with Crippen LogP contribution in [-0.2, 0) is 4.74 Å². The minimum Gasteiger partial charge on any atom is -0.441 e. The topological polar surface area (TPSA) is 98.4 Å². The van der Waals surface area contributed by atoms with Crippen LogP contribution in [0.3, 0.4) is 0 Å². The molecule has 2 atom stereocenters. The Bertz CT molecular complexity index is 1620. The number of para-hydroxylation sites is 2. The number of nitrogens with one attached hydrogen (secondary N) is 1. The summed E-state index contributed by atoms with van der Waals surface area (Å²) in [7, 11) is 0. The molecule has 9 heteroatoms. The predicted octanol–water partition coefficient (Wildman–Crippen LogP) is 6.55. The average molecular weight is 587 g/mol. The lowest BCUT2D eigenvalue weighted by atomic mass is 9.95. The molecule has 0 amide bonds. The first-order valence-electron chi connectivity index (χ1n) is 15.2. The third kappa shape index (κ3) is 6.19. The van der Waals surface area contributed by atoms with Gasteiger partial charge >= 0.3 is 6.09 Å². The van der Waals surface area contributed by atoms with Gasteiger partial charge in [0.15, 0.2) is 5.16 Å². The number of nitrogens with zero attached hydrogens (tertiary/aromatic N) is 3. The summed E-state index contributed by atoms with van der Waals surface area (Å²) < 4.78 is 8.91. The Morgan fingerprint density at radius 2 is 1.74 bits per heavy atom. The van der Waals surface area contributed by atoms with Gasteiger partial charge in [-0.1, -0.05) is 79.9 Å². The first-order chi connectivity index (χ1) is 20.6. The van der Waals surface area contributed by atoms with Crippen LogP contribution in [0.15, 0.2) is 76.7 Å². The highest BCUT2D eigenvalue weighted by Crippen LogP contribution is 2.30. The van der Waals surface area contributed by atoms with Crippen molar-refractivity contribution >= 4 is 39.8 Å². The van der Waals surface area contributed by atoms with E-state index < -0.39 is 12.3 Å². The molecule has 2 aromatic heterocycles. The summed E-state index contributed by atoms with van der Waals surface area (Å²) in [4.78, 5) is 33.1. The monoisotopic (exact) mass is 586 g/mol. The van der Waals surface area contributed by atoms with E-state index in [4.69, 9.17) is 9.72 Å². The van der Waals surface area contributed by atoms with Crippen molar-refractivity contribution in [2.45, 2.75) is 87.7 Å². The molecule has 4 aromatic rings. The van der Waals surface area contributed by atoms with E-state index in [0.29, 0.717) is 39.1 Å². The second-order valence-corrected chi connectivity index (χ2v) is 12.2. The van der Waals surface area contributed by atoms with Gasteiger partial charge in [0, 0.05) is 17.2 Å². The number of allylic oxidation sites excluding steroid dienone is 1. The smallest absolute Gasteiger partial charge is 0.419 e. The van der Waals surface area contributed by atoms with E-state index in [1.165, 1.54) is 35.6 Å². The van der Waals surface area contributed by atoms with Crippen molar-refractivity contribution < 1.29 is 14.6 Å². The largest absolute Gasteiger partial charge is 0.441 e. The second-order valence-electron chi connectivity index (χ2n) is 11.2. The maximum atomic E-state index is 14.4. The Morgan fingerprint density at radius 1 is 1.00 bits per heavy atom. The molecule has 1 saturated carbocycles. The summed E-state index contributed by atoms with van der Waals surface area (Å²) in [6.45, 7) is 0. The van der Waals surface area contributed by atoms with Crippen molar-refractivity contribution in [1.82, 2.24) is 19.4 Å². The maximum absolute atomic E-state index is 14.4. The summed E-state index contributed by atoms with van der Waals surface area (Å²) in [5, 5.41) is 15.3. The number of carbonyl (C=O) groups excluding carboxylic acids is 1. The summed E-state index contributed by atoms with van der Waals surface area (Å²) in [6.07, 6.45) is 13.1. The summed E-state index contributed by atoms with van der Waals surface area (Å²) in [5.74, 6) is 0.329. The number of benzene rings is 2. The van der Waals surface area contributed by atoms with Crippen LogP contribution in [0.5, 0.6) is 0 Å². The minimum absolute atomic E-state index is 0.185. The number of aliphatic hydroxyl groups is 1. The fraction of sp³-hybridized carbons (Fsp3) is 0.424. The van der Waals surface area contributed by atoms with Crippen LogP contribution in [0.1, 0.15) is 64.2 Å². The Morgan fingerprint density at radius 3 is 2.57 bits per heavy atom. The van der Waals surface area contributed by atoms with Crippen LogP contribution in [0.2, 0.25) is 0 Å². The Labute approximate surface area is 249 Å². The summed E-state index contributed by atoms with van der Waals surface area (Å²) >= 11 is 1.33. The number of thioether (sulfide) groups is 1. The number of carbonyl (C=O) groups is 1. The Kier molecular flexibility index (Phi) is 9.07. The van der Waals surface area contributed by atoms with Crippen LogP contribution in [0.25, 0.3) is 27.6 Å². The lowest BCUT2D eigenvalue weighted by Crippen LogP contribution is -2.40. The van der Waals surface area contributed by atoms with Crippen molar-refractivity contribution in [3.05, 3.63) is 77.1 Å². The molecule has 0 spiro atoms. The molecule has 2 heterocycles. The molecule has 2 aromatic carbocycles. The van der Waals surface area contributed by atoms with Gasteiger partial charge in [-0.3, -0.25) is 14.7 Å². The van der Waals surface area contributed by atoms with E-state index in [2.05, 4.69) is 11.4 Å². The van der Waals surface area contributed by atoms with Gasteiger partial charge in [-0.2, -0.15) is 0 Å². The molecule has 2 aliphatic rings. The molecule has 0 bridgehead atoms. The van der Waals surface area contributed by atoms with E-state index in [1.54, 1.807) is 4.57 Å². The van der Waals surface area contributed by atoms with Crippen LogP contribution in [0.4, 0.5) is 4.79 Å². The van der Waals surface area contributed by atoms with Crippen LogP contribution in [-0.4, -0.2) is 49.4 Å². The zero-order valence-corrected chi connectivity index (χ0v) is 24.6. The van der Waals surface area contributed by atoms with E-state index in [9.17, 15) is 14.7 Å². The molecule has 6 rings (SSSR count). The van der Waals surface area contributed by atoms with Crippen LogP contribution >= 0.6 is 11.8 Å². The highest BCUT2D eigenvalue weighted by molar-refractivity contribution is 7.99. The van der Waals surface area contributed by atoms with Gasteiger partial charge in [0.05, 0.1) is 11.2 Å². The maximum Gasteiger partial charge on any atom is 0.419 e. The molecule has 0 aliphatic heterocycles. The summed E-state index contributed by atoms with van der Waals surface area (Å²) in [5.41, 5.74) is 1.50. The lowest BCUT2D eigenvalue weighted by molar-refractivity contribution is 0.116. The second kappa shape index (κ2) is 13.3. The predicted molar refractivity (Wildman–Crippen MR) is 167 cm³/mol. The van der Waals surface area contributed by atoms with E-state index in [-0.39, 0.29) is 17.2 Å². The fourth-order valence-electron chi connectivity index (χ4n) is 6.11. The fourth-order valence-corrected chi connectivity index (χ4v) is 6.99. The molecule has 2 aliphatic carbocycles. The molecule has 42 heavy (non-hydrogen) atoms. The SMILES string of the molecule is O=C(OC1/C=C/CCCCC1)n1c2ccccc2c2nc(SCC(O)NC3CCCCC3)n(-c3ccccc3)c(=O)c21. The average Bonchev–Trinajstić information content (AvgIpc) is 3.33. The molecule has 2 unspecified atom stereocenters. The summed E-state index contributed by atoms with van der Waals surface area (Å²) in [6, 6.07) is 17.0. The third-order valence-corrected chi connectivity index (χ3v) is 9.23. The molecule has 0 saturated heterocycles. The van der Waals surface area contributed by atoms with Gasteiger partial charge < -0.3 is 9.84 Å². The zero-order chi connectivity index (χ0) is 28.9. The van der Waals surface area contributed by atoms with Gasteiger partial charge in [-0.15, -0.1) is 0 Å². The van der Waals surface area contributed by atoms with Gasteiger partial charge in [0.25, 0.3) is 5.56 Å².